The first-order chi connectivity index (χ1) is 22.8. The first-order valence-corrected chi connectivity index (χ1v) is 17.8. The molecule has 0 saturated carbocycles. The van der Waals surface area contributed by atoms with Crippen molar-refractivity contribution in [1.29, 1.82) is 0 Å². The maximum Gasteiger partial charge on any atom is 0.119 e. The molecule has 0 saturated heterocycles. The van der Waals surface area contributed by atoms with Gasteiger partial charge in [-0.25, -0.2) is 0 Å². The Morgan fingerprint density at radius 3 is 1.11 bits per heavy atom. The summed E-state index contributed by atoms with van der Waals surface area (Å²) in [6, 6.07) is 39.0. The van der Waals surface area contributed by atoms with Crippen LogP contribution in [0.3, 0.4) is 0 Å². The van der Waals surface area contributed by atoms with Crippen LogP contribution in [0.1, 0.15) is 75.3 Å². The predicted molar refractivity (Wildman–Crippen MR) is 192 cm³/mol. The summed E-state index contributed by atoms with van der Waals surface area (Å²) in [5, 5.41) is 0. The van der Waals surface area contributed by atoms with Crippen molar-refractivity contribution in [3.05, 3.63) is 120 Å². The molecule has 4 bridgehead atoms. The molecule has 0 radical (unpaired) electrons. The van der Waals surface area contributed by atoms with Gasteiger partial charge < -0.3 is 9.47 Å². The highest BCUT2D eigenvalue weighted by Gasteiger charge is 2.10. The molecule has 3 aliphatic rings. The van der Waals surface area contributed by atoms with E-state index in [2.05, 4.69) is 119 Å². The molecular weight excluding hydrogens is 564 g/mol. The van der Waals surface area contributed by atoms with Crippen LogP contribution < -0.4 is 9.47 Å². The average molecular weight is 619 g/mol. The Balaban J connectivity index is 1.17. The van der Waals surface area contributed by atoms with Gasteiger partial charge in [0.25, 0.3) is 0 Å². The molecule has 0 fully saturated rings. The largest absolute Gasteiger partial charge is 0.494 e. The van der Waals surface area contributed by atoms with Gasteiger partial charge in [0.05, 0.1) is 13.2 Å². The van der Waals surface area contributed by atoms with Crippen LogP contribution in [0.4, 0.5) is 0 Å². The Hall–Kier alpha value is -3.60. The van der Waals surface area contributed by atoms with E-state index < -0.39 is 0 Å². The fourth-order valence-electron chi connectivity index (χ4n) is 6.34. The normalized spacial score (nSPS) is 17.4. The van der Waals surface area contributed by atoms with Crippen LogP contribution in [0.25, 0.3) is 11.1 Å². The van der Waals surface area contributed by atoms with E-state index in [-0.39, 0.29) is 0 Å². The molecular formula is C42H54N2O2. The Labute approximate surface area is 278 Å². The Morgan fingerprint density at radius 1 is 0.370 bits per heavy atom. The van der Waals surface area contributed by atoms with Crippen molar-refractivity contribution >= 4 is 0 Å². The van der Waals surface area contributed by atoms with Crippen molar-refractivity contribution in [2.75, 3.05) is 39.4 Å². The maximum absolute atomic E-state index is 6.08. The topological polar surface area (TPSA) is 24.9 Å². The van der Waals surface area contributed by atoms with Crippen molar-refractivity contribution in [2.24, 2.45) is 0 Å². The molecule has 7 rings (SSSR count). The molecule has 3 heterocycles. The molecule has 4 nitrogen and oxygen atoms in total. The molecule has 4 aromatic rings. The summed E-state index contributed by atoms with van der Waals surface area (Å²) in [6.07, 6.45) is 12.1. The molecule has 4 heteroatoms. The van der Waals surface area contributed by atoms with Gasteiger partial charge in [-0.05, 0) is 111 Å². The fourth-order valence-corrected chi connectivity index (χ4v) is 6.34. The molecule has 3 aliphatic heterocycles. The number of benzene rings is 4. The average Bonchev–Trinajstić information content (AvgIpc) is 3.10. The molecule has 46 heavy (non-hydrogen) atoms. The summed E-state index contributed by atoms with van der Waals surface area (Å²) < 4.78 is 12.2. The summed E-state index contributed by atoms with van der Waals surface area (Å²) in [5.41, 5.74) is 5.24. The lowest BCUT2D eigenvalue weighted by atomic mass is 10.1. The van der Waals surface area contributed by atoms with Crippen LogP contribution in [-0.2, 0) is 13.1 Å². The minimum atomic E-state index is 0.776. The predicted octanol–water partition coefficient (Wildman–Crippen LogP) is 10.0. The van der Waals surface area contributed by atoms with E-state index in [4.69, 9.17) is 9.47 Å². The molecule has 0 aliphatic carbocycles. The smallest absolute Gasteiger partial charge is 0.119 e. The van der Waals surface area contributed by atoms with Gasteiger partial charge in [-0.1, -0.05) is 111 Å². The number of nitrogens with zero attached hydrogens (tertiary/aromatic N) is 2. The van der Waals surface area contributed by atoms with E-state index in [1.54, 1.807) is 0 Å². The highest BCUT2D eigenvalue weighted by Crippen LogP contribution is 2.25. The van der Waals surface area contributed by atoms with E-state index in [0.717, 1.165) is 76.8 Å². The first kappa shape index (κ1) is 33.8. The summed E-state index contributed by atoms with van der Waals surface area (Å²) in [5.74, 6) is 1.90. The third-order valence-electron chi connectivity index (χ3n) is 9.01. The summed E-state index contributed by atoms with van der Waals surface area (Å²) >= 11 is 0. The number of rotatable bonds is 4. The SMILES string of the molecule is c1ccc(CN2CCCCCCOc3ccc(cc3)-c3ccc(cc3)OCCCCCCN(Cc3ccccc3)CCCC2)cc1. The molecule has 0 amide bonds. The van der Waals surface area contributed by atoms with Crippen molar-refractivity contribution in [3.8, 4) is 22.6 Å². The van der Waals surface area contributed by atoms with E-state index in [1.165, 1.54) is 73.6 Å². The molecule has 0 N–H and O–H groups in total. The van der Waals surface area contributed by atoms with Crippen molar-refractivity contribution in [2.45, 2.75) is 77.3 Å². The first-order valence-electron chi connectivity index (χ1n) is 17.8. The molecule has 0 aromatic heterocycles. The zero-order valence-electron chi connectivity index (χ0n) is 27.8. The standard InChI is InChI=1S/C42H54N2O2/c1-3-15-33-45-41-25-21-39(22-26-41)40-23-27-42(28-24-40)46-34-16-4-2-12-30-44(36-38-19-9-6-10-20-38)32-14-13-31-43(29-11-1)35-37-17-7-5-8-18-37/h5-10,17-28H,1-4,11-16,29-36H2. The van der Waals surface area contributed by atoms with Crippen molar-refractivity contribution in [1.82, 2.24) is 9.80 Å². The van der Waals surface area contributed by atoms with E-state index in [1.807, 2.05) is 0 Å². The second kappa shape index (κ2) is 19.8. The van der Waals surface area contributed by atoms with Gasteiger partial charge in [0.15, 0.2) is 0 Å². The molecule has 0 spiro atoms. The lowest BCUT2D eigenvalue weighted by Crippen LogP contribution is -2.28. The second-order valence-electron chi connectivity index (χ2n) is 12.8. The van der Waals surface area contributed by atoms with Crippen LogP contribution in [-0.4, -0.2) is 49.2 Å². The zero-order chi connectivity index (χ0) is 31.5. The van der Waals surface area contributed by atoms with Crippen molar-refractivity contribution < 1.29 is 9.47 Å². The van der Waals surface area contributed by atoms with Crippen LogP contribution in [0.2, 0.25) is 0 Å². The van der Waals surface area contributed by atoms with Gasteiger partial charge in [0.2, 0.25) is 0 Å². The molecule has 0 unspecified atom stereocenters. The van der Waals surface area contributed by atoms with Gasteiger partial charge in [-0.15, -0.1) is 0 Å². The van der Waals surface area contributed by atoms with Gasteiger partial charge in [0.1, 0.15) is 11.5 Å². The van der Waals surface area contributed by atoms with Gasteiger partial charge in [-0.2, -0.15) is 0 Å². The van der Waals surface area contributed by atoms with E-state index >= 15 is 0 Å². The van der Waals surface area contributed by atoms with E-state index in [0.29, 0.717) is 0 Å². The van der Waals surface area contributed by atoms with Crippen LogP contribution >= 0.6 is 0 Å². The highest BCUT2D eigenvalue weighted by atomic mass is 16.5. The lowest BCUT2D eigenvalue weighted by Gasteiger charge is -2.25. The van der Waals surface area contributed by atoms with E-state index in [9.17, 15) is 0 Å². The molecule has 0 atom stereocenters. The second-order valence-corrected chi connectivity index (χ2v) is 12.8. The summed E-state index contributed by atoms with van der Waals surface area (Å²) in [7, 11) is 0. The third kappa shape index (κ3) is 12.3. The van der Waals surface area contributed by atoms with Crippen LogP contribution in [0.5, 0.6) is 11.5 Å². The number of fused-ring (bicyclic) bond motifs is 2. The Kier molecular flexibility index (Phi) is 14.5. The van der Waals surface area contributed by atoms with Crippen LogP contribution in [0.15, 0.2) is 109 Å². The van der Waals surface area contributed by atoms with Gasteiger partial charge in [-0.3, -0.25) is 9.80 Å². The zero-order valence-corrected chi connectivity index (χ0v) is 27.8. The highest BCUT2D eigenvalue weighted by molar-refractivity contribution is 5.64. The quantitative estimate of drug-likeness (QED) is 0.227. The molecule has 4 aromatic carbocycles. The minimum Gasteiger partial charge on any atom is -0.494 e. The number of hydrogen-bond donors (Lipinski definition) is 0. The van der Waals surface area contributed by atoms with Gasteiger partial charge in [0, 0.05) is 13.1 Å². The fraction of sp³-hybridized carbons (Fsp3) is 0.429. The molecule has 244 valence electrons. The lowest BCUT2D eigenvalue weighted by molar-refractivity contribution is 0.225. The summed E-state index contributed by atoms with van der Waals surface area (Å²) in [4.78, 5) is 5.36. The third-order valence-corrected chi connectivity index (χ3v) is 9.01. The number of ether oxygens (including phenoxy) is 2. The Bertz CT molecular complexity index is 1240. The number of hydrogen-bond acceptors (Lipinski definition) is 4. The summed E-state index contributed by atoms with van der Waals surface area (Å²) in [6.45, 7) is 8.29. The Morgan fingerprint density at radius 2 is 0.717 bits per heavy atom. The minimum absolute atomic E-state index is 0.776. The monoisotopic (exact) mass is 618 g/mol. The maximum atomic E-state index is 6.08. The van der Waals surface area contributed by atoms with Crippen molar-refractivity contribution in [3.63, 3.8) is 0 Å². The van der Waals surface area contributed by atoms with Gasteiger partial charge >= 0.3 is 0 Å². The van der Waals surface area contributed by atoms with Crippen LogP contribution in [0, 0.1) is 0 Å².